The molecule has 3 aromatic heterocycles. The van der Waals surface area contributed by atoms with Gasteiger partial charge in [0.05, 0.1) is 21.4 Å². The number of pyridine rings is 1. The fourth-order valence-electron chi connectivity index (χ4n) is 2.08. The van der Waals surface area contributed by atoms with Gasteiger partial charge in [-0.1, -0.05) is 18.5 Å². The first kappa shape index (κ1) is 13.3. The molecule has 0 spiro atoms. The van der Waals surface area contributed by atoms with Crippen molar-refractivity contribution >= 4 is 38.9 Å². The number of hydrogen-bond acceptors (Lipinski definition) is 4. The SMILES string of the molecule is CCCn1ncc(Cl)c1C(=O)c1cnc2ccsc2c1. The number of halogens is 1. The van der Waals surface area contributed by atoms with E-state index in [-0.39, 0.29) is 5.78 Å². The molecular weight excluding hydrogens is 294 g/mol. The molecule has 0 saturated heterocycles. The molecule has 0 unspecified atom stereocenters. The summed E-state index contributed by atoms with van der Waals surface area (Å²) in [5.74, 6) is -0.135. The van der Waals surface area contributed by atoms with E-state index in [0.29, 0.717) is 22.8 Å². The molecule has 0 atom stereocenters. The summed E-state index contributed by atoms with van der Waals surface area (Å²) in [7, 11) is 0. The van der Waals surface area contributed by atoms with Crippen LogP contribution in [0, 0.1) is 0 Å². The van der Waals surface area contributed by atoms with Crippen LogP contribution in [0.5, 0.6) is 0 Å². The Morgan fingerprint density at radius 2 is 2.30 bits per heavy atom. The lowest BCUT2D eigenvalue weighted by Crippen LogP contribution is -2.12. The van der Waals surface area contributed by atoms with Crippen LogP contribution in [0.15, 0.2) is 29.9 Å². The normalized spacial score (nSPS) is 11.1. The summed E-state index contributed by atoms with van der Waals surface area (Å²) in [6, 6.07) is 3.79. The minimum atomic E-state index is -0.135. The summed E-state index contributed by atoms with van der Waals surface area (Å²) in [5, 5.41) is 6.49. The fourth-order valence-corrected chi connectivity index (χ4v) is 3.08. The minimum Gasteiger partial charge on any atom is -0.287 e. The number of rotatable bonds is 4. The lowest BCUT2D eigenvalue weighted by atomic mass is 10.1. The van der Waals surface area contributed by atoms with Crippen molar-refractivity contribution in [3.8, 4) is 0 Å². The number of hydrogen-bond donors (Lipinski definition) is 0. The maximum absolute atomic E-state index is 12.6. The Morgan fingerprint density at radius 1 is 1.45 bits per heavy atom. The number of nitrogens with zero attached hydrogens (tertiary/aromatic N) is 3. The van der Waals surface area contributed by atoms with Gasteiger partial charge in [0.15, 0.2) is 0 Å². The van der Waals surface area contributed by atoms with Gasteiger partial charge >= 0.3 is 0 Å². The van der Waals surface area contributed by atoms with Gasteiger partial charge in [-0.25, -0.2) is 0 Å². The number of aromatic nitrogens is 3. The Kier molecular flexibility index (Phi) is 3.54. The smallest absolute Gasteiger partial charge is 0.214 e. The quantitative estimate of drug-likeness (QED) is 0.689. The van der Waals surface area contributed by atoms with Crippen molar-refractivity contribution in [1.82, 2.24) is 14.8 Å². The number of carbonyl (C=O) groups excluding carboxylic acids is 1. The Hall–Kier alpha value is -1.72. The molecule has 0 aromatic carbocycles. The van der Waals surface area contributed by atoms with E-state index in [1.54, 1.807) is 22.2 Å². The number of ketones is 1. The number of carbonyl (C=O) groups is 1. The van der Waals surface area contributed by atoms with Crippen molar-refractivity contribution in [2.45, 2.75) is 19.9 Å². The summed E-state index contributed by atoms with van der Waals surface area (Å²) in [6.07, 6.45) is 4.00. The Morgan fingerprint density at radius 3 is 3.10 bits per heavy atom. The second kappa shape index (κ2) is 5.34. The van der Waals surface area contributed by atoms with Crippen molar-refractivity contribution in [2.75, 3.05) is 0 Å². The van der Waals surface area contributed by atoms with Gasteiger partial charge in [-0.05, 0) is 23.9 Å². The number of fused-ring (bicyclic) bond motifs is 1. The highest BCUT2D eigenvalue weighted by molar-refractivity contribution is 7.17. The lowest BCUT2D eigenvalue weighted by molar-refractivity contribution is 0.102. The monoisotopic (exact) mass is 305 g/mol. The highest BCUT2D eigenvalue weighted by atomic mass is 35.5. The molecule has 0 N–H and O–H groups in total. The second-order valence-corrected chi connectivity index (χ2v) is 5.78. The van der Waals surface area contributed by atoms with Gasteiger partial charge in [-0.3, -0.25) is 14.5 Å². The van der Waals surface area contributed by atoms with Crippen LogP contribution in [0.4, 0.5) is 0 Å². The van der Waals surface area contributed by atoms with Gasteiger partial charge in [0, 0.05) is 18.3 Å². The van der Waals surface area contributed by atoms with Crippen LogP contribution in [-0.2, 0) is 6.54 Å². The first-order valence-corrected chi connectivity index (χ1v) is 7.55. The molecular formula is C14H12ClN3OS. The topological polar surface area (TPSA) is 47.8 Å². The molecule has 0 saturated carbocycles. The molecule has 0 bridgehead atoms. The fraction of sp³-hybridized carbons (Fsp3) is 0.214. The Balaban J connectivity index is 2.05. The maximum Gasteiger partial charge on any atom is 0.214 e. The van der Waals surface area contributed by atoms with Crippen LogP contribution in [0.1, 0.15) is 29.4 Å². The van der Waals surface area contributed by atoms with E-state index >= 15 is 0 Å². The molecule has 3 heterocycles. The van der Waals surface area contributed by atoms with Crippen LogP contribution in [0.2, 0.25) is 5.02 Å². The lowest BCUT2D eigenvalue weighted by Gasteiger charge is -2.06. The van der Waals surface area contributed by atoms with E-state index in [1.165, 1.54) is 6.20 Å². The van der Waals surface area contributed by atoms with Crippen molar-refractivity contribution in [3.05, 3.63) is 46.2 Å². The van der Waals surface area contributed by atoms with Gasteiger partial charge in [0.2, 0.25) is 5.78 Å². The van der Waals surface area contributed by atoms with Gasteiger partial charge in [0.25, 0.3) is 0 Å². The molecule has 0 aliphatic rings. The number of thiophene rings is 1. The van der Waals surface area contributed by atoms with Crippen molar-refractivity contribution in [3.63, 3.8) is 0 Å². The molecule has 0 amide bonds. The van der Waals surface area contributed by atoms with Crippen molar-refractivity contribution < 1.29 is 4.79 Å². The van der Waals surface area contributed by atoms with E-state index < -0.39 is 0 Å². The molecule has 0 radical (unpaired) electrons. The molecule has 20 heavy (non-hydrogen) atoms. The van der Waals surface area contributed by atoms with Gasteiger partial charge in [-0.2, -0.15) is 5.10 Å². The third kappa shape index (κ3) is 2.23. The van der Waals surface area contributed by atoms with Gasteiger partial charge in [0.1, 0.15) is 5.69 Å². The molecule has 0 fully saturated rings. The van der Waals surface area contributed by atoms with Gasteiger partial charge in [-0.15, -0.1) is 11.3 Å². The maximum atomic E-state index is 12.6. The van der Waals surface area contributed by atoms with E-state index in [9.17, 15) is 4.79 Å². The van der Waals surface area contributed by atoms with Crippen molar-refractivity contribution in [2.24, 2.45) is 0 Å². The molecule has 0 aliphatic heterocycles. The third-order valence-electron chi connectivity index (χ3n) is 3.01. The van der Waals surface area contributed by atoms with Crippen LogP contribution >= 0.6 is 22.9 Å². The van der Waals surface area contributed by atoms with E-state index in [4.69, 9.17) is 11.6 Å². The average molecular weight is 306 g/mol. The predicted octanol–water partition coefficient (Wildman–Crippen LogP) is 3.79. The summed E-state index contributed by atoms with van der Waals surface area (Å²) in [4.78, 5) is 16.9. The summed E-state index contributed by atoms with van der Waals surface area (Å²) in [5.41, 5.74) is 1.88. The summed E-state index contributed by atoms with van der Waals surface area (Å²) < 4.78 is 2.65. The summed E-state index contributed by atoms with van der Waals surface area (Å²) in [6.45, 7) is 2.70. The third-order valence-corrected chi connectivity index (χ3v) is 4.14. The zero-order valence-corrected chi connectivity index (χ0v) is 12.4. The van der Waals surface area contributed by atoms with Gasteiger partial charge < -0.3 is 0 Å². The Labute approximate surface area is 125 Å². The molecule has 102 valence electrons. The van der Waals surface area contributed by atoms with Crippen LogP contribution in [-0.4, -0.2) is 20.5 Å². The summed E-state index contributed by atoms with van der Waals surface area (Å²) >= 11 is 7.67. The molecule has 4 nitrogen and oxygen atoms in total. The second-order valence-electron chi connectivity index (χ2n) is 4.42. The Bertz CT molecular complexity index is 778. The largest absolute Gasteiger partial charge is 0.287 e. The minimum absolute atomic E-state index is 0.135. The number of aryl methyl sites for hydroxylation is 1. The molecule has 0 aliphatic carbocycles. The molecule has 6 heteroatoms. The van der Waals surface area contributed by atoms with Crippen LogP contribution < -0.4 is 0 Å². The predicted molar refractivity (Wildman–Crippen MR) is 80.6 cm³/mol. The highest BCUT2D eigenvalue weighted by Gasteiger charge is 2.19. The highest BCUT2D eigenvalue weighted by Crippen LogP contribution is 2.23. The first-order chi connectivity index (χ1) is 9.70. The molecule has 3 aromatic rings. The standard InChI is InChI=1S/C14H12ClN3OS/c1-2-4-18-13(10(15)8-17-18)14(19)9-6-12-11(16-7-9)3-5-20-12/h3,5-8H,2,4H2,1H3. The van der Waals surface area contributed by atoms with Crippen molar-refractivity contribution in [1.29, 1.82) is 0 Å². The zero-order chi connectivity index (χ0) is 14.1. The zero-order valence-electron chi connectivity index (χ0n) is 10.8. The first-order valence-electron chi connectivity index (χ1n) is 6.30. The molecule has 3 rings (SSSR count). The van der Waals surface area contributed by atoms with E-state index in [1.807, 2.05) is 24.4 Å². The van der Waals surface area contributed by atoms with Crippen LogP contribution in [0.25, 0.3) is 10.2 Å². The van der Waals surface area contributed by atoms with E-state index in [0.717, 1.165) is 16.6 Å². The van der Waals surface area contributed by atoms with Crippen LogP contribution in [0.3, 0.4) is 0 Å². The average Bonchev–Trinajstić information content (AvgIpc) is 3.04. The van der Waals surface area contributed by atoms with E-state index in [2.05, 4.69) is 10.1 Å².